The summed E-state index contributed by atoms with van der Waals surface area (Å²) in [5, 5.41) is 4.13. The quantitative estimate of drug-likeness (QED) is 0.692. The largest absolute Gasteiger partial charge is 0.496 e. The van der Waals surface area contributed by atoms with Crippen LogP contribution in [-0.2, 0) is 6.54 Å². The molecule has 0 aliphatic carbocycles. The van der Waals surface area contributed by atoms with Gasteiger partial charge in [-0.1, -0.05) is 35.5 Å². The monoisotopic (exact) mass is 364 g/mol. The predicted octanol–water partition coefficient (Wildman–Crippen LogP) is 3.38. The van der Waals surface area contributed by atoms with Crippen molar-refractivity contribution < 1.29 is 9.26 Å². The summed E-state index contributed by atoms with van der Waals surface area (Å²) in [5.41, 5.74) is 3.50. The van der Waals surface area contributed by atoms with Gasteiger partial charge in [0.2, 0.25) is 11.7 Å². The first-order valence-corrected chi connectivity index (χ1v) is 9.23. The van der Waals surface area contributed by atoms with Gasteiger partial charge in [0.1, 0.15) is 5.75 Å². The summed E-state index contributed by atoms with van der Waals surface area (Å²) in [6, 6.07) is 16.3. The molecule has 2 heterocycles. The number of hydrogen-bond acceptors (Lipinski definition) is 6. The van der Waals surface area contributed by atoms with Crippen molar-refractivity contribution >= 4 is 5.69 Å². The van der Waals surface area contributed by atoms with Gasteiger partial charge >= 0.3 is 0 Å². The molecule has 27 heavy (non-hydrogen) atoms. The number of benzene rings is 2. The summed E-state index contributed by atoms with van der Waals surface area (Å²) in [6.45, 7) is 6.78. The molecule has 1 saturated heterocycles. The number of anilines is 1. The van der Waals surface area contributed by atoms with Gasteiger partial charge < -0.3 is 14.2 Å². The Labute approximate surface area is 159 Å². The standard InChI is InChI=1S/C21H24N4O2/c1-16-7-3-5-9-18(16)25-13-11-24(12-14-25)15-20-22-21(23-27-20)17-8-4-6-10-19(17)26-2/h3-10H,11-15H2,1-2H3. The van der Waals surface area contributed by atoms with E-state index < -0.39 is 0 Å². The Kier molecular flexibility index (Phi) is 5.07. The highest BCUT2D eigenvalue weighted by Crippen LogP contribution is 2.27. The van der Waals surface area contributed by atoms with Gasteiger partial charge in [-0.2, -0.15) is 4.98 Å². The number of ether oxygens (including phenoxy) is 1. The number of nitrogens with zero attached hydrogens (tertiary/aromatic N) is 4. The summed E-state index contributed by atoms with van der Waals surface area (Å²) < 4.78 is 10.9. The van der Waals surface area contributed by atoms with Crippen LogP contribution < -0.4 is 9.64 Å². The minimum absolute atomic E-state index is 0.570. The zero-order valence-electron chi connectivity index (χ0n) is 15.8. The third-order valence-electron chi connectivity index (χ3n) is 5.00. The van der Waals surface area contributed by atoms with Crippen molar-refractivity contribution in [2.75, 3.05) is 38.2 Å². The summed E-state index contributed by atoms with van der Waals surface area (Å²) in [6.07, 6.45) is 0. The molecule has 140 valence electrons. The van der Waals surface area contributed by atoms with Crippen molar-refractivity contribution in [2.45, 2.75) is 13.5 Å². The second kappa shape index (κ2) is 7.80. The van der Waals surface area contributed by atoms with E-state index in [4.69, 9.17) is 9.26 Å². The second-order valence-electron chi connectivity index (χ2n) is 6.76. The van der Waals surface area contributed by atoms with Gasteiger partial charge in [-0.3, -0.25) is 4.90 Å². The van der Waals surface area contributed by atoms with Crippen LogP contribution in [0.1, 0.15) is 11.5 Å². The minimum atomic E-state index is 0.570. The molecule has 6 heteroatoms. The predicted molar refractivity (Wildman–Crippen MR) is 105 cm³/mol. The molecule has 0 atom stereocenters. The van der Waals surface area contributed by atoms with Gasteiger partial charge in [0.05, 0.1) is 19.2 Å². The molecular formula is C21H24N4O2. The summed E-state index contributed by atoms with van der Waals surface area (Å²) in [5.74, 6) is 1.96. The lowest BCUT2D eigenvalue weighted by Crippen LogP contribution is -2.46. The van der Waals surface area contributed by atoms with E-state index in [1.54, 1.807) is 7.11 Å². The zero-order chi connectivity index (χ0) is 18.6. The number of para-hydroxylation sites is 2. The number of methoxy groups -OCH3 is 1. The van der Waals surface area contributed by atoms with E-state index in [2.05, 4.69) is 51.1 Å². The highest BCUT2D eigenvalue weighted by molar-refractivity contribution is 5.63. The van der Waals surface area contributed by atoms with Crippen LogP contribution in [0.2, 0.25) is 0 Å². The van der Waals surface area contributed by atoms with Crippen LogP contribution in [0.5, 0.6) is 5.75 Å². The summed E-state index contributed by atoms with van der Waals surface area (Å²) >= 11 is 0. The first-order chi connectivity index (χ1) is 13.2. The average Bonchev–Trinajstić information content (AvgIpc) is 3.17. The Balaban J connectivity index is 1.39. The van der Waals surface area contributed by atoms with Crippen LogP contribution in [-0.4, -0.2) is 48.3 Å². The summed E-state index contributed by atoms with van der Waals surface area (Å²) in [4.78, 5) is 9.36. The van der Waals surface area contributed by atoms with Crippen LogP contribution in [0.3, 0.4) is 0 Å². The Morgan fingerprint density at radius 1 is 1.00 bits per heavy atom. The summed E-state index contributed by atoms with van der Waals surface area (Å²) in [7, 11) is 1.65. The Bertz CT molecular complexity index is 900. The maximum Gasteiger partial charge on any atom is 0.241 e. The van der Waals surface area contributed by atoms with E-state index in [0.717, 1.165) is 37.5 Å². The van der Waals surface area contributed by atoms with Crippen molar-refractivity contribution in [3.63, 3.8) is 0 Å². The number of aromatic nitrogens is 2. The molecule has 0 bridgehead atoms. The fraction of sp³-hybridized carbons (Fsp3) is 0.333. The molecular weight excluding hydrogens is 340 g/mol. The van der Waals surface area contributed by atoms with E-state index in [9.17, 15) is 0 Å². The highest BCUT2D eigenvalue weighted by Gasteiger charge is 2.21. The van der Waals surface area contributed by atoms with Gasteiger partial charge in [0.25, 0.3) is 0 Å². The molecule has 6 nitrogen and oxygen atoms in total. The van der Waals surface area contributed by atoms with Gasteiger partial charge in [-0.25, -0.2) is 0 Å². The topological polar surface area (TPSA) is 54.6 Å². The molecule has 1 aliphatic heterocycles. The number of hydrogen-bond donors (Lipinski definition) is 0. The molecule has 0 amide bonds. The molecule has 1 aliphatic rings. The highest BCUT2D eigenvalue weighted by atomic mass is 16.5. The van der Waals surface area contributed by atoms with E-state index in [1.807, 2.05) is 24.3 Å². The smallest absolute Gasteiger partial charge is 0.241 e. The Morgan fingerprint density at radius 2 is 1.74 bits per heavy atom. The molecule has 4 rings (SSSR count). The molecule has 1 fully saturated rings. The van der Waals surface area contributed by atoms with Crippen molar-refractivity contribution in [1.29, 1.82) is 0 Å². The molecule has 0 N–H and O–H groups in total. The van der Waals surface area contributed by atoms with Crippen LogP contribution in [0, 0.1) is 6.92 Å². The number of piperazine rings is 1. The minimum Gasteiger partial charge on any atom is -0.496 e. The number of rotatable bonds is 5. The van der Waals surface area contributed by atoms with Gasteiger partial charge in [-0.05, 0) is 30.7 Å². The third kappa shape index (κ3) is 3.80. The van der Waals surface area contributed by atoms with E-state index in [0.29, 0.717) is 18.3 Å². The molecule has 0 unspecified atom stereocenters. The lowest BCUT2D eigenvalue weighted by molar-refractivity contribution is 0.215. The Hall–Kier alpha value is -2.86. The third-order valence-corrected chi connectivity index (χ3v) is 5.00. The van der Waals surface area contributed by atoms with Crippen molar-refractivity contribution in [1.82, 2.24) is 15.0 Å². The van der Waals surface area contributed by atoms with Crippen LogP contribution in [0.25, 0.3) is 11.4 Å². The average molecular weight is 364 g/mol. The van der Waals surface area contributed by atoms with E-state index in [-0.39, 0.29) is 0 Å². The van der Waals surface area contributed by atoms with Crippen molar-refractivity contribution in [3.05, 3.63) is 60.0 Å². The molecule has 0 radical (unpaired) electrons. The maximum absolute atomic E-state index is 5.48. The van der Waals surface area contributed by atoms with Gasteiger partial charge in [-0.15, -0.1) is 0 Å². The molecule has 1 aromatic heterocycles. The van der Waals surface area contributed by atoms with Crippen LogP contribution in [0.15, 0.2) is 53.1 Å². The van der Waals surface area contributed by atoms with Crippen LogP contribution in [0.4, 0.5) is 5.69 Å². The lowest BCUT2D eigenvalue weighted by Gasteiger charge is -2.36. The first-order valence-electron chi connectivity index (χ1n) is 9.23. The van der Waals surface area contributed by atoms with Gasteiger partial charge in [0, 0.05) is 31.9 Å². The number of aryl methyl sites for hydroxylation is 1. The van der Waals surface area contributed by atoms with E-state index >= 15 is 0 Å². The van der Waals surface area contributed by atoms with Crippen molar-refractivity contribution in [2.24, 2.45) is 0 Å². The molecule has 0 saturated carbocycles. The van der Waals surface area contributed by atoms with Crippen molar-refractivity contribution in [3.8, 4) is 17.1 Å². The fourth-order valence-electron chi connectivity index (χ4n) is 3.51. The SMILES string of the molecule is COc1ccccc1-c1noc(CN2CCN(c3ccccc3C)CC2)n1. The molecule has 0 spiro atoms. The second-order valence-corrected chi connectivity index (χ2v) is 6.76. The molecule has 3 aromatic rings. The maximum atomic E-state index is 5.48. The zero-order valence-corrected chi connectivity index (χ0v) is 15.8. The van der Waals surface area contributed by atoms with Crippen LogP contribution >= 0.6 is 0 Å². The van der Waals surface area contributed by atoms with Gasteiger partial charge in [0.15, 0.2) is 0 Å². The lowest BCUT2D eigenvalue weighted by atomic mass is 10.1. The first kappa shape index (κ1) is 17.5. The molecule has 2 aromatic carbocycles. The van der Waals surface area contributed by atoms with E-state index in [1.165, 1.54) is 11.3 Å². The Morgan fingerprint density at radius 3 is 2.52 bits per heavy atom. The normalized spacial score (nSPS) is 15.1. The fourth-order valence-corrected chi connectivity index (χ4v) is 3.51.